The maximum atomic E-state index is 8.03. The molecule has 0 atom stereocenters. The van der Waals surface area contributed by atoms with Crippen molar-refractivity contribution in [3.8, 4) is 11.8 Å². The highest BCUT2D eigenvalue weighted by Gasteiger charge is 1.96. The molecule has 0 aliphatic rings. The summed E-state index contributed by atoms with van der Waals surface area (Å²) in [4.78, 5) is 2.62. The summed E-state index contributed by atoms with van der Waals surface area (Å²) in [5, 5.41) is 4.47. The van der Waals surface area contributed by atoms with E-state index < -0.39 is 0 Å². The Morgan fingerprint density at radius 1 is 1.40 bits per heavy atom. The molecule has 0 aliphatic carbocycles. The number of hydrogen-bond donors (Lipinski definition) is 0. The minimum Gasteiger partial charge on any atom is -0.0977 e. The second-order valence-electron chi connectivity index (χ2n) is 2.63. The average molecular weight is 240 g/mol. The molecule has 0 aromatic heterocycles. The normalized spacial score (nSPS) is 8.67. The fourth-order valence-electron chi connectivity index (χ4n) is 0.899. The lowest BCUT2D eigenvalue weighted by Crippen LogP contribution is -1.78. The first-order valence-electron chi connectivity index (χ1n) is 4.19. The van der Waals surface area contributed by atoms with Crippen molar-refractivity contribution in [1.29, 1.82) is 0 Å². The van der Waals surface area contributed by atoms with Gasteiger partial charge in [-0.2, -0.15) is 0 Å². The third-order valence-electron chi connectivity index (χ3n) is 1.55. The van der Waals surface area contributed by atoms with Gasteiger partial charge in [0.1, 0.15) is 0 Å². The Morgan fingerprint density at radius 3 is 2.87 bits per heavy atom. The van der Waals surface area contributed by atoms with Crippen molar-refractivity contribution in [3.05, 3.63) is 44.3 Å². The van der Waals surface area contributed by atoms with E-state index in [1.54, 1.807) is 18.2 Å². The number of azide groups is 1. The van der Waals surface area contributed by atoms with Crippen LogP contribution in [0.3, 0.4) is 0 Å². The fourth-order valence-corrected chi connectivity index (χ4v) is 1.35. The lowest BCUT2D eigenvalue weighted by molar-refractivity contribution is 1.01. The first-order valence-corrected chi connectivity index (χ1v) is 4.94. The molecule has 0 unspecified atom stereocenters. The minimum absolute atomic E-state index is 0.370. The summed E-state index contributed by atoms with van der Waals surface area (Å²) in [5.74, 6) is 5.73. The molecule has 0 radical (unpaired) electrons. The Morgan fingerprint density at radius 2 is 2.20 bits per heavy atom. The van der Waals surface area contributed by atoms with Crippen molar-refractivity contribution in [1.82, 2.24) is 0 Å². The van der Waals surface area contributed by atoms with E-state index in [0.717, 1.165) is 5.56 Å². The van der Waals surface area contributed by atoms with Gasteiger partial charge in [0, 0.05) is 28.5 Å². The first kappa shape index (κ1) is 11.7. The van der Waals surface area contributed by atoms with Crippen molar-refractivity contribution in [3.63, 3.8) is 0 Å². The fraction of sp³-hybridized carbons (Fsp3) is 0.200. The molecule has 1 aromatic rings. The average Bonchev–Trinajstić information content (AvgIpc) is 2.20. The molecule has 0 N–H and O–H groups in total. The van der Waals surface area contributed by atoms with Crippen LogP contribution in [0.15, 0.2) is 23.3 Å². The standard InChI is InChI=1S/C10H7Cl2N3/c11-9-5-4-8(10(12)7-9)3-1-2-6-14-15-13/h4-5,7H,2,6H2. The summed E-state index contributed by atoms with van der Waals surface area (Å²) in [5.41, 5.74) is 8.76. The van der Waals surface area contributed by atoms with Crippen LogP contribution in [0.5, 0.6) is 0 Å². The lowest BCUT2D eigenvalue weighted by Gasteiger charge is -1.95. The van der Waals surface area contributed by atoms with E-state index in [4.69, 9.17) is 28.7 Å². The van der Waals surface area contributed by atoms with Gasteiger partial charge in [0.2, 0.25) is 0 Å². The van der Waals surface area contributed by atoms with Crippen molar-refractivity contribution in [2.45, 2.75) is 6.42 Å². The summed E-state index contributed by atoms with van der Waals surface area (Å²) < 4.78 is 0. The van der Waals surface area contributed by atoms with Crippen LogP contribution in [-0.2, 0) is 0 Å². The van der Waals surface area contributed by atoms with E-state index in [0.29, 0.717) is 23.0 Å². The molecule has 76 valence electrons. The van der Waals surface area contributed by atoms with Crippen LogP contribution in [0, 0.1) is 11.8 Å². The molecule has 0 amide bonds. The predicted octanol–water partition coefficient (Wildman–Crippen LogP) is 4.05. The van der Waals surface area contributed by atoms with Gasteiger partial charge in [-0.05, 0) is 23.7 Å². The van der Waals surface area contributed by atoms with Gasteiger partial charge in [-0.1, -0.05) is 40.2 Å². The highest BCUT2D eigenvalue weighted by molar-refractivity contribution is 6.35. The quantitative estimate of drug-likeness (QED) is 0.246. The monoisotopic (exact) mass is 239 g/mol. The van der Waals surface area contributed by atoms with Gasteiger partial charge in [-0.25, -0.2) is 0 Å². The highest BCUT2D eigenvalue weighted by Crippen LogP contribution is 2.19. The summed E-state index contributed by atoms with van der Waals surface area (Å²) >= 11 is 11.6. The number of rotatable bonds is 2. The van der Waals surface area contributed by atoms with Gasteiger partial charge < -0.3 is 0 Å². The SMILES string of the molecule is [N-]=[N+]=NCCC#Cc1ccc(Cl)cc1Cl. The number of hydrogen-bond acceptors (Lipinski definition) is 1. The highest BCUT2D eigenvalue weighted by atomic mass is 35.5. The molecule has 3 nitrogen and oxygen atoms in total. The third kappa shape index (κ3) is 4.14. The minimum atomic E-state index is 0.370. The van der Waals surface area contributed by atoms with Crippen molar-refractivity contribution < 1.29 is 0 Å². The van der Waals surface area contributed by atoms with Gasteiger partial charge in [-0.3, -0.25) is 0 Å². The molecular weight excluding hydrogens is 233 g/mol. The Kier molecular flexibility index (Phi) is 4.86. The van der Waals surface area contributed by atoms with Crippen LogP contribution in [0.25, 0.3) is 10.4 Å². The van der Waals surface area contributed by atoms with Crippen LogP contribution in [0.1, 0.15) is 12.0 Å². The van der Waals surface area contributed by atoms with E-state index in [1.807, 2.05) is 0 Å². The molecule has 0 aliphatic heterocycles. The Bertz CT molecular complexity index is 453. The van der Waals surface area contributed by atoms with Gasteiger partial charge in [-0.15, -0.1) is 0 Å². The molecule has 0 spiro atoms. The maximum Gasteiger partial charge on any atom is 0.0577 e. The molecule has 0 saturated carbocycles. The van der Waals surface area contributed by atoms with Crippen LogP contribution >= 0.6 is 23.2 Å². The van der Waals surface area contributed by atoms with Crippen LogP contribution in [0.4, 0.5) is 0 Å². The van der Waals surface area contributed by atoms with Crippen LogP contribution in [-0.4, -0.2) is 6.54 Å². The Hall–Kier alpha value is -1.33. The number of nitrogens with zero attached hydrogens (tertiary/aromatic N) is 3. The molecule has 5 heteroatoms. The summed E-state index contributed by atoms with van der Waals surface area (Å²) in [6.45, 7) is 0.370. The maximum absolute atomic E-state index is 8.03. The van der Waals surface area contributed by atoms with Crippen molar-refractivity contribution in [2.75, 3.05) is 6.54 Å². The predicted molar refractivity (Wildman–Crippen MR) is 62.0 cm³/mol. The van der Waals surface area contributed by atoms with Crippen molar-refractivity contribution in [2.24, 2.45) is 5.11 Å². The number of halogens is 2. The molecule has 1 rings (SSSR count). The second kappa shape index (κ2) is 6.21. The summed E-state index contributed by atoms with van der Waals surface area (Å²) in [6.07, 6.45) is 0.517. The van der Waals surface area contributed by atoms with E-state index in [9.17, 15) is 0 Å². The third-order valence-corrected chi connectivity index (χ3v) is 2.10. The smallest absolute Gasteiger partial charge is 0.0577 e. The van der Waals surface area contributed by atoms with Gasteiger partial charge >= 0.3 is 0 Å². The van der Waals surface area contributed by atoms with Crippen LogP contribution in [0.2, 0.25) is 10.0 Å². The first-order chi connectivity index (χ1) is 7.24. The van der Waals surface area contributed by atoms with Gasteiger partial charge in [0.15, 0.2) is 0 Å². The van der Waals surface area contributed by atoms with E-state index >= 15 is 0 Å². The van der Waals surface area contributed by atoms with Gasteiger partial charge in [0.25, 0.3) is 0 Å². The molecule has 0 heterocycles. The zero-order valence-electron chi connectivity index (χ0n) is 7.74. The Balaban J connectivity index is 2.67. The summed E-state index contributed by atoms with van der Waals surface area (Å²) in [6, 6.07) is 5.12. The van der Waals surface area contributed by atoms with E-state index in [1.165, 1.54) is 0 Å². The van der Waals surface area contributed by atoms with Crippen molar-refractivity contribution >= 4 is 23.2 Å². The largest absolute Gasteiger partial charge is 0.0977 e. The molecular formula is C10H7Cl2N3. The Labute approximate surface area is 97.6 Å². The van der Waals surface area contributed by atoms with Gasteiger partial charge in [0.05, 0.1) is 5.02 Å². The topological polar surface area (TPSA) is 48.8 Å². The zero-order chi connectivity index (χ0) is 11.1. The molecule has 1 aromatic carbocycles. The van der Waals surface area contributed by atoms with E-state index in [-0.39, 0.29) is 0 Å². The number of benzene rings is 1. The summed E-state index contributed by atoms with van der Waals surface area (Å²) in [7, 11) is 0. The van der Waals surface area contributed by atoms with E-state index in [2.05, 4.69) is 21.9 Å². The molecule has 15 heavy (non-hydrogen) atoms. The second-order valence-corrected chi connectivity index (χ2v) is 3.47. The van der Waals surface area contributed by atoms with Crippen LogP contribution < -0.4 is 0 Å². The molecule has 0 bridgehead atoms. The zero-order valence-corrected chi connectivity index (χ0v) is 9.26. The molecule has 0 saturated heterocycles. The molecule has 0 fully saturated rings. The lowest BCUT2D eigenvalue weighted by atomic mass is 10.2.